The summed E-state index contributed by atoms with van der Waals surface area (Å²) in [7, 11) is 0. The lowest BCUT2D eigenvalue weighted by molar-refractivity contribution is 0.0981. The van der Waals surface area contributed by atoms with Crippen LogP contribution >= 0.6 is 0 Å². The molecule has 2 amide bonds. The van der Waals surface area contributed by atoms with Crippen molar-refractivity contribution in [2.24, 2.45) is 0 Å². The first-order valence-corrected chi connectivity index (χ1v) is 14.8. The highest BCUT2D eigenvalue weighted by Crippen LogP contribution is 2.39. The number of pyridine rings is 1. The van der Waals surface area contributed by atoms with Gasteiger partial charge in [0, 0.05) is 29.7 Å². The molecule has 5 aromatic rings. The third-order valence-electron chi connectivity index (χ3n) is 8.23. The molecule has 1 atom stereocenters. The predicted molar refractivity (Wildman–Crippen MR) is 169 cm³/mol. The van der Waals surface area contributed by atoms with Crippen LogP contribution in [0.15, 0.2) is 109 Å². The van der Waals surface area contributed by atoms with E-state index in [2.05, 4.69) is 4.98 Å². The van der Waals surface area contributed by atoms with E-state index in [9.17, 15) is 14.0 Å². The summed E-state index contributed by atoms with van der Waals surface area (Å²) in [6.07, 6.45) is 0. The summed E-state index contributed by atoms with van der Waals surface area (Å²) < 4.78 is 26.2. The largest absolute Gasteiger partial charge is 0.473 e. The number of rotatable bonds is 8. The second kappa shape index (κ2) is 11.9. The van der Waals surface area contributed by atoms with Crippen molar-refractivity contribution in [3.05, 3.63) is 148 Å². The normalized spacial score (nSPS) is 15.2. The quantitative estimate of drug-likeness (QED) is 0.187. The minimum atomic E-state index is -0.383. The van der Waals surface area contributed by atoms with Gasteiger partial charge in [0.05, 0.1) is 12.2 Å². The van der Waals surface area contributed by atoms with E-state index in [-0.39, 0.29) is 42.6 Å². The maximum absolute atomic E-state index is 14.1. The van der Waals surface area contributed by atoms with Gasteiger partial charge in [-0.3, -0.25) is 14.5 Å². The molecule has 0 fully saturated rings. The van der Waals surface area contributed by atoms with Gasteiger partial charge in [0.25, 0.3) is 11.8 Å². The molecule has 45 heavy (non-hydrogen) atoms. The number of ether oxygens (including phenoxy) is 2. The molecule has 3 heterocycles. The summed E-state index contributed by atoms with van der Waals surface area (Å²) in [5.74, 6) is -0.0848. The fourth-order valence-electron chi connectivity index (χ4n) is 5.90. The minimum Gasteiger partial charge on any atom is -0.473 e. The van der Waals surface area contributed by atoms with E-state index in [1.54, 1.807) is 46.2 Å². The highest BCUT2D eigenvalue weighted by Gasteiger charge is 2.34. The smallest absolute Gasteiger partial charge is 0.259 e. The van der Waals surface area contributed by atoms with E-state index in [4.69, 9.17) is 9.47 Å². The van der Waals surface area contributed by atoms with Crippen molar-refractivity contribution in [2.75, 3.05) is 16.3 Å². The van der Waals surface area contributed by atoms with Crippen LogP contribution in [0.3, 0.4) is 0 Å². The molecule has 2 aliphatic rings. The van der Waals surface area contributed by atoms with Crippen LogP contribution in [-0.2, 0) is 19.8 Å². The van der Waals surface area contributed by atoms with E-state index in [1.807, 2.05) is 67.6 Å². The first-order valence-electron chi connectivity index (χ1n) is 14.8. The summed E-state index contributed by atoms with van der Waals surface area (Å²) in [4.78, 5) is 35.2. The van der Waals surface area contributed by atoms with Crippen molar-refractivity contribution < 1.29 is 23.5 Å². The maximum Gasteiger partial charge on any atom is 0.259 e. The van der Waals surface area contributed by atoms with Crippen LogP contribution < -0.4 is 19.3 Å². The number of nitrogens with zero attached hydrogens (tertiary/aromatic N) is 3. The van der Waals surface area contributed by atoms with Crippen molar-refractivity contribution in [1.29, 1.82) is 0 Å². The summed E-state index contributed by atoms with van der Waals surface area (Å²) >= 11 is 0. The Labute approximate surface area is 260 Å². The second-order valence-corrected chi connectivity index (χ2v) is 11.3. The van der Waals surface area contributed by atoms with Crippen molar-refractivity contribution in [1.82, 2.24) is 4.98 Å². The molecule has 2 aliphatic heterocycles. The Kier molecular flexibility index (Phi) is 7.47. The second-order valence-electron chi connectivity index (χ2n) is 11.3. The third-order valence-corrected chi connectivity index (χ3v) is 8.23. The molecule has 1 aromatic heterocycles. The highest BCUT2D eigenvalue weighted by molar-refractivity contribution is 6.12. The zero-order chi connectivity index (χ0) is 30.9. The number of hydrogen-bond donors (Lipinski definition) is 0. The molecule has 0 aliphatic carbocycles. The van der Waals surface area contributed by atoms with Gasteiger partial charge in [0.15, 0.2) is 0 Å². The number of aromatic nitrogens is 1. The van der Waals surface area contributed by atoms with Crippen LogP contribution in [0.25, 0.3) is 0 Å². The van der Waals surface area contributed by atoms with Crippen molar-refractivity contribution >= 4 is 23.2 Å². The lowest BCUT2D eigenvalue weighted by Crippen LogP contribution is -2.29. The summed E-state index contributed by atoms with van der Waals surface area (Å²) in [5.41, 5.74) is 5.66. The first-order chi connectivity index (χ1) is 21.9. The van der Waals surface area contributed by atoms with Crippen molar-refractivity contribution in [3.8, 4) is 11.8 Å². The number of benzene rings is 4. The summed E-state index contributed by atoms with van der Waals surface area (Å²) in [6.45, 7) is 3.32. The Balaban J connectivity index is 1.15. The van der Waals surface area contributed by atoms with Gasteiger partial charge < -0.3 is 14.4 Å². The van der Waals surface area contributed by atoms with Gasteiger partial charge in [-0.1, -0.05) is 73.7 Å². The fraction of sp³-hybridized carbons (Fsp3) is 0.162. The highest BCUT2D eigenvalue weighted by atomic mass is 19.1. The van der Waals surface area contributed by atoms with Gasteiger partial charge in [-0.15, -0.1) is 0 Å². The Hall–Kier alpha value is -5.50. The molecule has 8 heteroatoms. The lowest BCUT2D eigenvalue weighted by atomic mass is 10.0. The van der Waals surface area contributed by atoms with Gasteiger partial charge in [0.1, 0.15) is 24.7 Å². The maximum atomic E-state index is 14.1. The molecular weight excluding hydrogens is 569 g/mol. The molecule has 0 N–H and O–H groups in total. The third kappa shape index (κ3) is 5.62. The van der Waals surface area contributed by atoms with E-state index >= 15 is 0 Å². The van der Waals surface area contributed by atoms with Crippen molar-refractivity contribution in [2.45, 2.75) is 32.6 Å². The topological polar surface area (TPSA) is 72.0 Å². The first kappa shape index (κ1) is 28.3. The van der Waals surface area contributed by atoms with Crippen LogP contribution in [-0.4, -0.2) is 23.3 Å². The number of carbonyl (C=O) groups is 2. The van der Waals surface area contributed by atoms with Gasteiger partial charge >= 0.3 is 0 Å². The molecule has 7 nitrogen and oxygen atoms in total. The van der Waals surface area contributed by atoms with Gasteiger partial charge in [-0.2, -0.15) is 4.98 Å². The lowest BCUT2D eigenvalue weighted by Gasteiger charge is -2.20. The number of hydrogen-bond acceptors (Lipinski definition) is 5. The molecule has 224 valence electrons. The monoisotopic (exact) mass is 599 g/mol. The van der Waals surface area contributed by atoms with E-state index in [0.29, 0.717) is 41.5 Å². The average Bonchev–Trinajstić information content (AvgIpc) is 3.58. The predicted octanol–water partition coefficient (Wildman–Crippen LogP) is 7.30. The van der Waals surface area contributed by atoms with Crippen LogP contribution in [0, 0.1) is 5.82 Å². The SMILES string of the molecule is C[C@@H]1CN(C(=O)c2ccc3c(c2)CN(c2ccc(OCc4ccccc4)nc2OCc2ccccc2)C3=O)c2cc(F)ccc21. The van der Waals surface area contributed by atoms with Crippen LogP contribution in [0.1, 0.15) is 55.8 Å². The number of carbonyl (C=O) groups excluding carboxylic acids is 2. The molecule has 7 rings (SSSR count). The molecule has 0 saturated carbocycles. The number of amides is 2. The Morgan fingerprint density at radius 3 is 2.29 bits per heavy atom. The molecule has 0 bridgehead atoms. The Bertz CT molecular complexity index is 1900. The zero-order valence-electron chi connectivity index (χ0n) is 24.7. The van der Waals surface area contributed by atoms with Crippen LogP contribution in [0.4, 0.5) is 15.8 Å². The van der Waals surface area contributed by atoms with Crippen LogP contribution in [0.5, 0.6) is 11.8 Å². The van der Waals surface area contributed by atoms with Gasteiger partial charge in [0.2, 0.25) is 11.8 Å². The van der Waals surface area contributed by atoms with Gasteiger partial charge in [-0.05, 0) is 58.7 Å². The Morgan fingerprint density at radius 1 is 0.844 bits per heavy atom. The molecular formula is C37H30FN3O4. The van der Waals surface area contributed by atoms with E-state index in [1.165, 1.54) is 12.1 Å². The standard InChI is InChI=1S/C37H30FN3O4/c1-24-20-40(33-19-29(38)13-15-30(24)33)36(42)27-12-14-31-28(18-27)21-41(37(31)43)32-16-17-34(44-22-25-8-4-2-5-9-25)39-35(32)45-23-26-10-6-3-7-11-26/h2-19,24H,20-23H2,1H3/t24-/m1/s1. The molecule has 0 radical (unpaired) electrons. The minimum absolute atomic E-state index is 0.0949. The summed E-state index contributed by atoms with van der Waals surface area (Å²) in [5, 5.41) is 0. The molecule has 0 spiro atoms. The Morgan fingerprint density at radius 2 is 1.56 bits per heavy atom. The zero-order valence-corrected chi connectivity index (χ0v) is 24.7. The van der Waals surface area contributed by atoms with Crippen molar-refractivity contribution in [3.63, 3.8) is 0 Å². The van der Waals surface area contributed by atoms with Crippen LogP contribution in [0.2, 0.25) is 0 Å². The number of halogens is 1. The fourth-order valence-corrected chi connectivity index (χ4v) is 5.90. The molecule has 4 aromatic carbocycles. The molecule has 0 saturated heterocycles. The number of anilines is 2. The average molecular weight is 600 g/mol. The van der Waals surface area contributed by atoms with E-state index < -0.39 is 0 Å². The number of fused-ring (bicyclic) bond motifs is 2. The summed E-state index contributed by atoms with van der Waals surface area (Å²) in [6, 6.07) is 32.7. The van der Waals surface area contributed by atoms with E-state index in [0.717, 1.165) is 22.3 Å². The molecule has 0 unspecified atom stereocenters. The van der Waals surface area contributed by atoms with Gasteiger partial charge in [-0.25, -0.2) is 4.39 Å².